The highest BCUT2D eigenvalue weighted by Gasteiger charge is 2.38. The van der Waals surface area contributed by atoms with Crippen molar-refractivity contribution >= 4 is 28.3 Å². The highest BCUT2D eigenvalue weighted by molar-refractivity contribution is 7.14. The van der Waals surface area contributed by atoms with Crippen LogP contribution in [-0.4, -0.2) is 28.5 Å². The number of carboxylic acid groups (broad SMARTS) is 1. The Labute approximate surface area is 180 Å². The summed E-state index contributed by atoms with van der Waals surface area (Å²) in [5.74, 6) is -1.79. The second-order valence-corrected chi connectivity index (χ2v) is 8.52. The molecular weight excluding hydrogens is 396 g/mol. The number of carbonyl (C=O) groups excluding carboxylic acids is 1. The number of carbonyl (C=O) groups is 2. The Morgan fingerprint density at radius 2 is 1.90 bits per heavy atom. The van der Waals surface area contributed by atoms with Crippen LogP contribution in [0.1, 0.15) is 36.3 Å². The lowest BCUT2D eigenvalue weighted by Gasteiger charge is -2.26. The summed E-state index contributed by atoms with van der Waals surface area (Å²) in [4.78, 5) is 31.5. The minimum absolute atomic E-state index is 0.101. The largest absolute Gasteiger partial charge is 0.481 e. The van der Waals surface area contributed by atoms with Gasteiger partial charge >= 0.3 is 5.97 Å². The maximum Gasteiger partial charge on any atom is 0.304 e. The summed E-state index contributed by atoms with van der Waals surface area (Å²) in [5, 5.41) is 12.1. The molecule has 1 N–H and O–H groups in total. The number of hydrogen-bond acceptors (Lipinski definition) is 4. The molecule has 6 heteroatoms. The van der Waals surface area contributed by atoms with E-state index in [0.717, 1.165) is 35.2 Å². The van der Waals surface area contributed by atoms with E-state index in [-0.39, 0.29) is 18.2 Å². The number of benzene rings is 2. The van der Waals surface area contributed by atoms with Gasteiger partial charge in [0.05, 0.1) is 18.0 Å². The molecule has 30 heavy (non-hydrogen) atoms. The van der Waals surface area contributed by atoms with Crippen molar-refractivity contribution in [3.05, 3.63) is 71.1 Å². The molecule has 5 nitrogen and oxygen atoms in total. The van der Waals surface area contributed by atoms with Crippen LogP contribution in [-0.2, 0) is 9.59 Å². The quantitative estimate of drug-likeness (QED) is 0.622. The summed E-state index contributed by atoms with van der Waals surface area (Å²) >= 11 is 1.44. The molecule has 1 aliphatic rings. The van der Waals surface area contributed by atoms with Gasteiger partial charge in [0.2, 0.25) is 5.91 Å². The van der Waals surface area contributed by atoms with E-state index >= 15 is 0 Å². The average Bonchev–Trinajstić information content (AvgIpc) is 3.16. The smallest absolute Gasteiger partial charge is 0.304 e. The Morgan fingerprint density at radius 1 is 1.17 bits per heavy atom. The van der Waals surface area contributed by atoms with E-state index in [1.54, 1.807) is 4.90 Å². The zero-order valence-corrected chi connectivity index (χ0v) is 17.6. The highest BCUT2D eigenvalue weighted by Crippen LogP contribution is 2.38. The van der Waals surface area contributed by atoms with Crippen molar-refractivity contribution in [1.82, 2.24) is 4.98 Å². The van der Waals surface area contributed by atoms with Gasteiger partial charge in [0.1, 0.15) is 0 Å². The second kappa shape index (κ2) is 8.79. The molecule has 2 aromatic carbocycles. The van der Waals surface area contributed by atoms with E-state index in [0.29, 0.717) is 11.7 Å². The number of thiazole rings is 1. The van der Waals surface area contributed by atoms with Crippen LogP contribution in [0.5, 0.6) is 0 Å². The molecule has 1 amide bonds. The fourth-order valence-electron chi connectivity index (χ4n) is 4.23. The molecule has 2 heterocycles. The normalized spacial score (nSPS) is 19.5. The molecule has 1 saturated heterocycles. The predicted octanol–water partition coefficient (Wildman–Crippen LogP) is 5.12. The molecule has 0 bridgehead atoms. The van der Waals surface area contributed by atoms with Gasteiger partial charge < -0.3 is 5.11 Å². The van der Waals surface area contributed by atoms with Crippen LogP contribution in [0.4, 0.5) is 5.13 Å². The molecule has 4 rings (SSSR count). The zero-order chi connectivity index (χ0) is 21.1. The summed E-state index contributed by atoms with van der Waals surface area (Å²) in [7, 11) is 0. The number of nitrogens with zero attached hydrogens (tertiary/aromatic N) is 2. The maximum absolute atomic E-state index is 13.5. The van der Waals surface area contributed by atoms with Gasteiger partial charge in [0.25, 0.3) is 0 Å². The molecule has 0 radical (unpaired) electrons. The first-order valence-corrected chi connectivity index (χ1v) is 11.0. The summed E-state index contributed by atoms with van der Waals surface area (Å²) in [5.41, 5.74) is 4.05. The minimum Gasteiger partial charge on any atom is -0.481 e. The molecule has 0 aliphatic carbocycles. The lowest BCUT2D eigenvalue weighted by Crippen LogP contribution is -2.37. The molecule has 2 atom stereocenters. The van der Waals surface area contributed by atoms with Crippen LogP contribution in [0.25, 0.3) is 11.3 Å². The second-order valence-electron chi connectivity index (χ2n) is 7.68. The van der Waals surface area contributed by atoms with Crippen LogP contribution in [0.3, 0.4) is 0 Å². The number of rotatable bonds is 5. The molecular formula is C24H24N2O3S. The van der Waals surface area contributed by atoms with E-state index in [9.17, 15) is 14.7 Å². The Morgan fingerprint density at radius 3 is 2.63 bits per heavy atom. The van der Waals surface area contributed by atoms with Crippen molar-refractivity contribution in [2.45, 2.75) is 32.1 Å². The van der Waals surface area contributed by atoms with E-state index in [4.69, 9.17) is 4.98 Å². The summed E-state index contributed by atoms with van der Waals surface area (Å²) in [6.45, 7) is 2.60. The molecule has 1 aromatic heterocycles. The lowest BCUT2D eigenvalue weighted by atomic mass is 9.81. The average molecular weight is 421 g/mol. The fraction of sp³-hybridized carbons (Fsp3) is 0.292. The van der Waals surface area contributed by atoms with Gasteiger partial charge in [0.15, 0.2) is 5.13 Å². The van der Waals surface area contributed by atoms with Gasteiger partial charge in [-0.05, 0) is 36.8 Å². The molecule has 1 aliphatic heterocycles. The van der Waals surface area contributed by atoms with Crippen molar-refractivity contribution in [2.75, 3.05) is 11.4 Å². The standard InChI is InChI=1S/C24H24N2O3S/c1-16-8-5-6-11-18(16)21-15-30-24(25-21)26-13-7-12-19(17-9-3-2-4-10-17)20(23(26)29)14-22(27)28/h2-6,8-11,15,19-20H,7,12-14H2,1H3,(H,27,28). The Hall–Kier alpha value is -2.99. The van der Waals surface area contributed by atoms with E-state index in [1.807, 2.05) is 66.9 Å². The number of hydrogen-bond donors (Lipinski definition) is 1. The van der Waals surface area contributed by atoms with Crippen LogP contribution < -0.4 is 4.90 Å². The van der Waals surface area contributed by atoms with Crippen LogP contribution in [0.2, 0.25) is 0 Å². The Kier molecular flexibility index (Phi) is 5.95. The molecule has 0 saturated carbocycles. The van der Waals surface area contributed by atoms with Crippen molar-refractivity contribution in [2.24, 2.45) is 5.92 Å². The third-order valence-electron chi connectivity index (χ3n) is 5.73. The topological polar surface area (TPSA) is 70.5 Å². The van der Waals surface area contributed by atoms with Crippen LogP contribution in [0.15, 0.2) is 60.0 Å². The third-order valence-corrected chi connectivity index (χ3v) is 6.60. The van der Waals surface area contributed by atoms with Crippen molar-refractivity contribution in [3.63, 3.8) is 0 Å². The number of carboxylic acids is 1. The number of aliphatic carboxylic acids is 1. The van der Waals surface area contributed by atoms with Gasteiger partial charge in [-0.1, -0.05) is 54.6 Å². The van der Waals surface area contributed by atoms with Gasteiger partial charge in [-0.3, -0.25) is 14.5 Å². The van der Waals surface area contributed by atoms with Gasteiger partial charge in [-0.25, -0.2) is 4.98 Å². The van der Waals surface area contributed by atoms with Crippen LogP contribution in [0, 0.1) is 12.8 Å². The number of anilines is 1. The van der Waals surface area contributed by atoms with Crippen molar-refractivity contribution in [3.8, 4) is 11.3 Å². The fourth-order valence-corrected chi connectivity index (χ4v) is 5.09. The molecule has 0 spiro atoms. The monoisotopic (exact) mass is 420 g/mol. The molecule has 1 fully saturated rings. The predicted molar refractivity (Wildman–Crippen MR) is 119 cm³/mol. The van der Waals surface area contributed by atoms with Crippen molar-refractivity contribution in [1.29, 1.82) is 0 Å². The highest BCUT2D eigenvalue weighted by atomic mass is 32.1. The molecule has 154 valence electrons. The number of aryl methyl sites for hydroxylation is 1. The molecule has 3 aromatic rings. The van der Waals surface area contributed by atoms with Gasteiger partial charge in [-0.2, -0.15) is 0 Å². The first-order valence-electron chi connectivity index (χ1n) is 10.1. The summed E-state index contributed by atoms with van der Waals surface area (Å²) in [6, 6.07) is 17.8. The number of aromatic nitrogens is 1. The van der Waals surface area contributed by atoms with E-state index in [1.165, 1.54) is 11.3 Å². The SMILES string of the molecule is Cc1ccccc1-c1csc(N2CCCC(c3ccccc3)C(CC(=O)O)C2=O)n1. The Bertz CT molecular complexity index is 1050. The number of amides is 1. The third kappa shape index (κ3) is 4.14. The summed E-state index contributed by atoms with van der Waals surface area (Å²) in [6.07, 6.45) is 1.41. The van der Waals surface area contributed by atoms with Gasteiger partial charge in [0, 0.05) is 17.5 Å². The Balaban J connectivity index is 1.66. The molecule has 2 unspecified atom stereocenters. The summed E-state index contributed by atoms with van der Waals surface area (Å²) < 4.78 is 0. The van der Waals surface area contributed by atoms with E-state index < -0.39 is 11.9 Å². The maximum atomic E-state index is 13.5. The first-order chi connectivity index (χ1) is 14.5. The zero-order valence-electron chi connectivity index (χ0n) is 16.8. The lowest BCUT2D eigenvalue weighted by molar-refractivity contribution is -0.141. The van der Waals surface area contributed by atoms with Crippen molar-refractivity contribution < 1.29 is 14.7 Å². The van der Waals surface area contributed by atoms with Gasteiger partial charge in [-0.15, -0.1) is 11.3 Å². The first kappa shape index (κ1) is 20.3. The minimum atomic E-state index is -0.948. The van der Waals surface area contributed by atoms with E-state index in [2.05, 4.69) is 0 Å². The van der Waals surface area contributed by atoms with Crippen LogP contribution >= 0.6 is 11.3 Å².